The van der Waals surface area contributed by atoms with Crippen molar-refractivity contribution in [1.82, 2.24) is 10.2 Å². The van der Waals surface area contributed by atoms with Gasteiger partial charge in [0.2, 0.25) is 0 Å². The highest BCUT2D eigenvalue weighted by Gasteiger charge is 2.08. The molecule has 6 heteroatoms. The van der Waals surface area contributed by atoms with E-state index >= 15 is 0 Å². The highest BCUT2D eigenvalue weighted by atomic mass is 35.5. The topological polar surface area (TPSA) is 62.9 Å². The number of aryl methyl sites for hydroxylation is 1. The first-order valence-electron chi connectivity index (χ1n) is 7.74. The van der Waals surface area contributed by atoms with Crippen molar-refractivity contribution in [2.45, 2.75) is 19.9 Å². The molecule has 0 amide bonds. The summed E-state index contributed by atoms with van der Waals surface area (Å²) in [7, 11) is 0. The number of nitrogens with two attached hydrogens (primary N) is 1. The number of rotatable bonds is 6. The monoisotopic (exact) mass is 324 g/mol. The summed E-state index contributed by atoms with van der Waals surface area (Å²) in [5.74, 6) is 0.495. The maximum Gasteiger partial charge on any atom is 0.188 e. The summed E-state index contributed by atoms with van der Waals surface area (Å²) in [4.78, 5) is 6.77. The average molecular weight is 325 g/mol. The van der Waals surface area contributed by atoms with Gasteiger partial charge in [0.05, 0.1) is 19.8 Å². The minimum atomic E-state index is 0.495. The number of halogens is 1. The molecule has 1 aromatic carbocycles. The van der Waals surface area contributed by atoms with Crippen molar-refractivity contribution in [1.29, 1.82) is 0 Å². The predicted octanol–water partition coefficient (Wildman–Crippen LogP) is 1.78. The Kier molecular flexibility index (Phi) is 6.96. The van der Waals surface area contributed by atoms with E-state index < -0.39 is 0 Å². The van der Waals surface area contributed by atoms with E-state index in [4.69, 9.17) is 22.1 Å². The van der Waals surface area contributed by atoms with Gasteiger partial charge in [-0.15, -0.1) is 0 Å². The maximum absolute atomic E-state index is 6.01. The highest BCUT2D eigenvalue weighted by molar-refractivity contribution is 6.31. The lowest BCUT2D eigenvalue weighted by Crippen LogP contribution is -2.39. The molecular formula is C16H25ClN4O. The molecule has 1 saturated heterocycles. The minimum absolute atomic E-state index is 0.495. The summed E-state index contributed by atoms with van der Waals surface area (Å²) in [5.41, 5.74) is 8.06. The Hall–Kier alpha value is -1.30. The Labute approximate surface area is 137 Å². The molecule has 2 rings (SSSR count). The summed E-state index contributed by atoms with van der Waals surface area (Å²) in [6.45, 7) is 8.21. The molecule has 0 aliphatic carbocycles. The van der Waals surface area contributed by atoms with E-state index in [9.17, 15) is 0 Å². The van der Waals surface area contributed by atoms with Gasteiger partial charge in [-0.1, -0.05) is 23.7 Å². The Morgan fingerprint density at radius 1 is 1.41 bits per heavy atom. The summed E-state index contributed by atoms with van der Waals surface area (Å²) < 4.78 is 5.33. The molecule has 1 aliphatic rings. The van der Waals surface area contributed by atoms with Crippen LogP contribution in [0.2, 0.25) is 5.02 Å². The van der Waals surface area contributed by atoms with E-state index in [0.29, 0.717) is 12.5 Å². The number of nitrogens with zero attached hydrogens (tertiary/aromatic N) is 2. The zero-order chi connectivity index (χ0) is 15.8. The van der Waals surface area contributed by atoms with Crippen LogP contribution in [0.5, 0.6) is 0 Å². The molecule has 0 radical (unpaired) electrons. The summed E-state index contributed by atoms with van der Waals surface area (Å²) in [6, 6.07) is 5.91. The second-order valence-electron chi connectivity index (χ2n) is 5.52. The first kappa shape index (κ1) is 17.1. The number of morpholine rings is 1. The van der Waals surface area contributed by atoms with Crippen LogP contribution in [0.4, 0.5) is 0 Å². The summed E-state index contributed by atoms with van der Waals surface area (Å²) in [5, 5.41) is 3.94. The molecule has 0 saturated carbocycles. The quantitative estimate of drug-likeness (QED) is 0.475. The normalized spacial score (nSPS) is 16.7. The molecule has 5 nitrogen and oxygen atoms in total. The molecule has 122 valence electrons. The van der Waals surface area contributed by atoms with Gasteiger partial charge >= 0.3 is 0 Å². The van der Waals surface area contributed by atoms with Crippen molar-refractivity contribution in [3.8, 4) is 0 Å². The van der Waals surface area contributed by atoms with Gasteiger partial charge < -0.3 is 15.8 Å². The molecule has 1 fully saturated rings. The van der Waals surface area contributed by atoms with Gasteiger partial charge in [-0.3, -0.25) is 4.90 Å². The van der Waals surface area contributed by atoms with E-state index in [1.165, 1.54) is 0 Å². The standard InChI is InChI=1S/C16H25ClN4O/c1-13-11-14(3-4-15(13)17)12-20-16(18)19-5-2-6-21-7-9-22-10-8-21/h3-4,11H,2,5-10,12H2,1H3,(H3,18,19,20). The van der Waals surface area contributed by atoms with Gasteiger partial charge in [-0.2, -0.15) is 0 Å². The zero-order valence-electron chi connectivity index (χ0n) is 13.1. The summed E-state index contributed by atoms with van der Waals surface area (Å²) in [6.07, 6.45) is 1.05. The van der Waals surface area contributed by atoms with Crippen molar-refractivity contribution >= 4 is 17.6 Å². The zero-order valence-corrected chi connectivity index (χ0v) is 13.9. The number of ether oxygens (including phenoxy) is 1. The van der Waals surface area contributed by atoms with Crippen LogP contribution in [0.1, 0.15) is 17.5 Å². The molecule has 22 heavy (non-hydrogen) atoms. The first-order chi connectivity index (χ1) is 10.6. The minimum Gasteiger partial charge on any atom is -0.379 e. The van der Waals surface area contributed by atoms with Crippen molar-refractivity contribution < 1.29 is 4.74 Å². The number of hydrogen-bond acceptors (Lipinski definition) is 3. The lowest BCUT2D eigenvalue weighted by atomic mass is 10.1. The SMILES string of the molecule is Cc1cc(CN=C(N)NCCCN2CCOCC2)ccc1Cl. The third kappa shape index (κ3) is 5.83. The van der Waals surface area contributed by atoms with Crippen molar-refractivity contribution in [2.75, 3.05) is 39.4 Å². The number of hydrogen-bond donors (Lipinski definition) is 2. The average Bonchev–Trinajstić information content (AvgIpc) is 2.54. The lowest BCUT2D eigenvalue weighted by Gasteiger charge is -2.26. The van der Waals surface area contributed by atoms with E-state index in [1.54, 1.807) is 0 Å². The van der Waals surface area contributed by atoms with Crippen LogP contribution in [0.15, 0.2) is 23.2 Å². The predicted molar refractivity (Wildman–Crippen MR) is 91.4 cm³/mol. The fourth-order valence-corrected chi connectivity index (χ4v) is 2.50. The third-order valence-electron chi connectivity index (χ3n) is 3.72. The molecule has 1 aliphatic heterocycles. The Morgan fingerprint density at radius 2 is 2.18 bits per heavy atom. The van der Waals surface area contributed by atoms with Crippen LogP contribution in [0.25, 0.3) is 0 Å². The largest absolute Gasteiger partial charge is 0.379 e. The second-order valence-corrected chi connectivity index (χ2v) is 5.93. The van der Waals surface area contributed by atoms with Crippen LogP contribution in [0.3, 0.4) is 0 Å². The molecule has 0 atom stereocenters. The van der Waals surface area contributed by atoms with Crippen molar-refractivity contribution in [2.24, 2.45) is 10.7 Å². The fraction of sp³-hybridized carbons (Fsp3) is 0.562. The molecule has 3 N–H and O–H groups in total. The van der Waals surface area contributed by atoms with Gasteiger partial charge in [0.1, 0.15) is 0 Å². The van der Waals surface area contributed by atoms with Crippen molar-refractivity contribution in [3.05, 3.63) is 34.3 Å². The molecular weight excluding hydrogens is 300 g/mol. The van der Waals surface area contributed by atoms with E-state index in [0.717, 1.165) is 62.0 Å². The molecule has 1 heterocycles. The van der Waals surface area contributed by atoms with Crippen LogP contribution < -0.4 is 11.1 Å². The van der Waals surface area contributed by atoms with Gasteiger partial charge in [-0.05, 0) is 37.1 Å². The van der Waals surface area contributed by atoms with Gasteiger partial charge in [0.15, 0.2) is 5.96 Å². The number of guanidine groups is 1. The van der Waals surface area contributed by atoms with E-state index in [-0.39, 0.29) is 0 Å². The smallest absolute Gasteiger partial charge is 0.188 e. The third-order valence-corrected chi connectivity index (χ3v) is 4.14. The van der Waals surface area contributed by atoms with Crippen LogP contribution in [-0.2, 0) is 11.3 Å². The molecule has 0 spiro atoms. The van der Waals surface area contributed by atoms with E-state index in [1.807, 2.05) is 25.1 Å². The molecule has 1 aromatic rings. The van der Waals surface area contributed by atoms with Crippen LogP contribution in [-0.4, -0.2) is 50.3 Å². The highest BCUT2D eigenvalue weighted by Crippen LogP contribution is 2.16. The fourth-order valence-electron chi connectivity index (χ4n) is 2.38. The molecule has 0 unspecified atom stereocenters. The number of nitrogens with one attached hydrogen (secondary N) is 1. The number of benzene rings is 1. The van der Waals surface area contributed by atoms with Gasteiger partial charge in [-0.25, -0.2) is 4.99 Å². The van der Waals surface area contributed by atoms with Gasteiger partial charge in [0.25, 0.3) is 0 Å². The molecule has 0 aromatic heterocycles. The molecule has 0 bridgehead atoms. The Balaban J connectivity index is 1.65. The summed E-state index contributed by atoms with van der Waals surface area (Å²) >= 11 is 6.01. The van der Waals surface area contributed by atoms with E-state index in [2.05, 4.69) is 15.2 Å². The van der Waals surface area contributed by atoms with Gasteiger partial charge in [0, 0.05) is 24.7 Å². The van der Waals surface area contributed by atoms with Crippen LogP contribution >= 0.6 is 11.6 Å². The van der Waals surface area contributed by atoms with Crippen LogP contribution in [0, 0.1) is 6.92 Å². The first-order valence-corrected chi connectivity index (χ1v) is 8.12. The maximum atomic E-state index is 6.01. The lowest BCUT2D eigenvalue weighted by molar-refractivity contribution is 0.0376. The Morgan fingerprint density at radius 3 is 2.91 bits per heavy atom. The second kappa shape index (κ2) is 8.98. The van der Waals surface area contributed by atoms with Crippen molar-refractivity contribution in [3.63, 3.8) is 0 Å². The Bertz CT molecular complexity index is 501. The number of aliphatic imine (C=N–C) groups is 1.